The van der Waals surface area contributed by atoms with Crippen LogP contribution in [0.4, 0.5) is 10.8 Å². The molecule has 0 spiro atoms. The summed E-state index contributed by atoms with van der Waals surface area (Å²) >= 11 is 17.8. The predicted octanol–water partition coefficient (Wildman–Crippen LogP) is 5.59. The molecule has 1 aromatic heterocycles. The van der Waals surface area contributed by atoms with Gasteiger partial charge in [0.1, 0.15) is 0 Å². The van der Waals surface area contributed by atoms with Crippen LogP contribution < -0.4 is 10.6 Å². The number of rotatable bonds is 6. The molecule has 0 fully saturated rings. The van der Waals surface area contributed by atoms with Crippen molar-refractivity contribution in [2.45, 2.75) is 4.34 Å². The summed E-state index contributed by atoms with van der Waals surface area (Å²) in [6.45, 7) is 0. The molecule has 0 aliphatic rings. The van der Waals surface area contributed by atoms with E-state index in [4.69, 9.17) is 23.2 Å². The topological polar surface area (TPSA) is 84.0 Å². The van der Waals surface area contributed by atoms with Crippen LogP contribution in [0.25, 0.3) is 0 Å². The molecule has 28 heavy (non-hydrogen) atoms. The zero-order chi connectivity index (χ0) is 20.1. The van der Waals surface area contributed by atoms with Crippen LogP contribution in [0.3, 0.4) is 0 Å². The molecular formula is C17H11BrCl2N4O2S2. The second kappa shape index (κ2) is 9.71. The zero-order valence-corrected chi connectivity index (χ0v) is 18.6. The van der Waals surface area contributed by atoms with Gasteiger partial charge in [-0.2, -0.15) is 0 Å². The summed E-state index contributed by atoms with van der Waals surface area (Å²) in [6.07, 6.45) is 0. The first kappa shape index (κ1) is 21.1. The molecule has 0 unspecified atom stereocenters. The maximum atomic E-state index is 12.2. The van der Waals surface area contributed by atoms with Crippen LogP contribution in [0.5, 0.6) is 0 Å². The van der Waals surface area contributed by atoms with Crippen molar-refractivity contribution in [1.29, 1.82) is 0 Å². The van der Waals surface area contributed by atoms with Crippen molar-refractivity contribution in [2.24, 2.45) is 0 Å². The van der Waals surface area contributed by atoms with Gasteiger partial charge in [0.15, 0.2) is 4.34 Å². The number of hydrogen-bond donors (Lipinski definition) is 2. The summed E-state index contributed by atoms with van der Waals surface area (Å²) in [5.41, 5.74) is 0.875. The van der Waals surface area contributed by atoms with Crippen molar-refractivity contribution in [3.05, 3.63) is 62.5 Å². The van der Waals surface area contributed by atoms with Gasteiger partial charge in [0.2, 0.25) is 11.0 Å². The molecule has 0 saturated heterocycles. The Labute approximate surface area is 187 Å². The van der Waals surface area contributed by atoms with Crippen molar-refractivity contribution in [1.82, 2.24) is 10.2 Å². The quantitative estimate of drug-likeness (QED) is 0.329. The molecule has 0 bridgehead atoms. The summed E-state index contributed by atoms with van der Waals surface area (Å²) in [6, 6.07) is 11.9. The van der Waals surface area contributed by atoms with E-state index in [1.165, 1.54) is 23.1 Å². The Balaban J connectivity index is 1.54. The van der Waals surface area contributed by atoms with Gasteiger partial charge in [-0.25, -0.2) is 0 Å². The van der Waals surface area contributed by atoms with Crippen LogP contribution in [0.2, 0.25) is 10.0 Å². The minimum atomic E-state index is -0.374. The lowest BCUT2D eigenvalue weighted by Gasteiger charge is -2.06. The molecular weight excluding hydrogens is 507 g/mol. The molecule has 0 atom stereocenters. The van der Waals surface area contributed by atoms with Crippen LogP contribution in [0.1, 0.15) is 10.4 Å². The molecule has 0 aliphatic carbocycles. The molecule has 0 saturated carbocycles. The van der Waals surface area contributed by atoms with Crippen molar-refractivity contribution in [2.75, 3.05) is 16.4 Å². The van der Waals surface area contributed by atoms with Gasteiger partial charge < -0.3 is 5.32 Å². The summed E-state index contributed by atoms with van der Waals surface area (Å²) in [5, 5.41) is 14.4. The first-order valence-corrected chi connectivity index (χ1v) is 11.0. The molecule has 3 aromatic rings. The smallest absolute Gasteiger partial charge is 0.259 e. The summed E-state index contributed by atoms with van der Waals surface area (Å²) < 4.78 is 1.37. The van der Waals surface area contributed by atoms with E-state index in [2.05, 4.69) is 36.8 Å². The maximum Gasteiger partial charge on any atom is 0.259 e. The van der Waals surface area contributed by atoms with Gasteiger partial charge in [-0.1, -0.05) is 74.4 Å². The van der Waals surface area contributed by atoms with E-state index >= 15 is 0 Å². The third-order valence-electron chi connectivity index (χ3n) is 3.28. The molecule has 0 aliphatic heterocycles. The minimum Gasteiger partial charge on any atom is -0.324 e. The Kier molecular flexibility index (Phi) is 7.30. The largest absolute Gasteiger partial charge is 0.324 e. The number of halogens is 3. The highest BCUT2D eigenvalue weighted by molar-refractivity contribution is 9.10. The van der Waals surface area contributed by atoms with E-state index in [-0.39, 0.29) is 17.6 Å². The van der Waals surface area contributed by atoms with Crippen LogP contribution in [-0.4, -0.2) is 27.8 Å². The fourth-order valence-corrected chi connectivity index (χ4v) is 4.52. The van der Waals surface area contributed by atoms with Crippen molar-refractivity contribution < 1.29 is 9.59 Å². The molecule has 2 amide bonds. The van der Waals surface area contributed by atoms with Gasteiger partial charge in [0, 0.05) is 4.47 Å². The monoisotopic (exact) mass is 516 g/mol. The molecule has 2 N–H and O–H groups in total. The average molecular weight is 518 g/mol. The Bertz CT molecular complexity index is 1030. The molecule has 3 rings (SSSR count). The first-order chi connectivity index (χ1) is 13.4. The number of amides is 2. The lowest BCUT2D eigenvalue weighted by molar-refractivity contribution is -0.113. The number of carbonyl (C=O) groups is 2. The second-order valence-corrected chi connectivity index (χ2v) is 9.20. The highest BCUT2D eigenvalue weighted by Crippen LogP contribution is 2.28. The Morgan fingerprint density at radius 2 is 1.86 bits per heavy atom. The molecule has 11 heteroatoms. The van der Waals surface area contributed by atoms with Gasteiger partial charge in [0.25, 0.3) is 5.91 Å². The van der Waals surface area contributed by atoms with E-state index in [0.717, 1.165) is 4.47 Å². The Hall–Kier alpha value is -1.65. The number of hydrogen-bond acceptors (Lipinski definition) is 6. The van der Waals surface area contributed by atoms with Gasteiger partial charge in [0.05, 0.1) is 27.0 Å². The van der Waals surface area contributed by atoms with Gasteiger partial charge in [-0.15, -0.1) is 10.2 Å². The second-order valence-electron chi connectivity index (χ2n) is 5.27. The Morgan fingerprint density at radius 3 is 2.61 bits per heavy atom. The van der Waals surface area contributed by atoms with Crippen molar-refractivity contribution >= 4 is 84.9 Å². The number of carbonyl (C=O) groups excluding carboxylic acids is 2. The number of thioether (sulfide) groups is 1. The fraction of sp³-hybridized carbons (Fsp3) is 0.0588. The van der Waals surface area contributed by atoms with E-state index in [0.29, 0.717) is 30.8 Å². The normalized spacial score (nSPS) is 10.5. The van der Waals surface area contributed by atoms with Crippen LogP contribution in [0, 0.1) is 0 Å². The number of aromatic nitrogens is 2. The molecule has 0 radical (unpaired) electrons. The van der Waals surface area contributed by atoms with Crippen molar-refractivity contribution in [3.8, 4) is 0 Å². The maximum absolute atomic E-state index is 12.2. The summed E-state index contributed by atoms with van der Waals surface area (Å²) in [4.78, 5) is 24.3. The molecule has 144 valence electrons. The zero-order valence-electron chi connectivity index (χ0n) is 13.9. The fourth-order valence-electron chi connectivity index (χ4n) is 2.03. The van der Waals surface area contributed by atoms with E-state index in [9.17, 15) is 9.59 Å². The number of nitrogens with one attached hydrogen (secondary N) is 2. The molecule has 6 nitrogen and oxygen atoms in total. The number of anilines is 2. The van der Waals surface area contributed by atoms with Gasteiger partial charge >= 0.3 is 0 Å². The van der Waals surface area contributed by atoms with E-state index < -0.39 is 0 Å². The van der Waals surface area contributed by atoms with Crippen molar-refractivity contribution in [3.63, 3.8) is 0 Å². The molecule has 2 aromatic carbocycles. The minimum absolute atomic E-state index is 0.124. The van der Waals surface area contributed by atoms with Gasteiger partial charge in [-0.05, 0) is 30.3 Å². The van der Waals surface area contributed by atoms with E-state index in [1.54, 1.807) is 42.5 Å². The van der Waals surface area contributed by atoms with Crippen LogP contribution >= 0.6 is 62.2 Å². The highest BCUT2D eigenvalue weighted by atomic mass is 79.9. The van der Waals surface area contributed by atoms with E-state index in [1.807, 2.05) is 0 Å². The predicted molar refractivity (Wildman–Crippen MR) is 118 cm³/mol. The lowest BCUT2D eigenvalue weighted by atomic mass is 10.2. The highest BCUT2D eigenvalue weighted by Gasteiger charge is 2.14. The number of nitrogens with zero attached hydrogens (tertiary/aromatic N) is 2. The first-order valence-electron chi connectivity index (χ1n) is 7.69. The Morgan fingerprint density at radius 1 is 1.07 bits per heavy atom. The van der Waals surface area contributed by atoms with Gasteiger partial charge in [-0.3, -0.25) is 14.9 Å². The summed E-state index contributed by atoms with van der Waals surface area (Å²) in [5.74, 6) is -0.480. The van der Waals surface area contributed by atoms with Crippen LogP contribution in [-0.2, 0) is 4.79 Å². The standard InChI is InChI=1S/C17H11BrCl2N4O2S2/c18-9-5-6-13(12(20)7-9)21-14(25)8-27-17-24-23-16(28-17)22-15(26)10-3-1-2-4-11(10)19/h1-7H,8H2,(H,21,25)(H,22,23,26). The third-order valence-corrected chi connectivity index (χ3v) is 6.38. The molecule has 1 heterocycles. The third kappa shape index (κ3) is 5.68. The summed E-state index contributed by atoms with van der Waals surface area (Å²) in [7, 11) is 0. The average Bonchev–Trinajstić information content (AvgIpc) is 3.10. The lowest BCUT2D eigenvalue weighted by Crippen LogP contribution is -2.14. The SMILES string of the molecule is O=C(CSc1nnc(NC(=O)c2ccccc2Cl)s1)Nc1ccc(Br)cc1Cl. The van der Waals surface area contributed by atoms with Crippen LogP contribution in [0.15, 0.2) is 51.3 Å². The number of benzene rings is 2.